The summed E-state index contributed by atoms with van der Waals surface area (Å²) in [7, 11) is -4.02. The molecule has 0 spiro atoms. The van der Waals surface area contributed by atoms with Gasteiger partial charge in [0, 0.05) is 19.6 Å². The highest BCUT2D eigenvalue weighted by molar-refractivity contribution is 7.85. The molecule has 0 amide bonds. The van der Waals surface area contributed by atoms with Crippen LogP contribution in [0.2, 0.25) is 0 Å². The first-order valence-electron chi connectivity index (χ1n) is 10.8. The highest BCUT2D eigenvalue weighted by Crippen LogP contribution is 2.14. The van der Waals surface area contributed by atoms with Crippen molar-refractivity contribution in [3.8, 4) is 0 Å². The molecule has 5 heteroatoms. The van der Waals surface area contributed by atoms with Gasteiger partial charge >= 0.3 is 0 Å². The molecule has 0 aliphatic heterocycles. The Hall–Kier alpha value is -3.25. The lowest BCUT2D eigenvalue weighted by atomic mass is 10.1. The molecule has 4 nitrogen and oxygen atoms in total. The zero-order valence-electron chi connectivity index (χ0n) is 18.7. The van der Waals surface area contributed by atoms with Gasteiger partial charge in [-0.05, 0) is 35.7 Å². The summed E-state index contributed by atoms with van der Waals surface area (Å²) in [5.74, 6) is 0. The Labute approximate surface area is 196 Å². The summed E-state index contributed by atoms with van der Waals surface area (Å²) in [4.78, 5) is 2.42. The number of hydrogen-bond acceptors (Lipinski definition) is 3. The third-order valence-electron chi connectivity index (χ3n) is 5.07. The summed E-state index contributed by atoms with van der Waals surface area (Å²) in [5.41, 5.74) is 5.02. The van der Waals surface area contributed by atoms with Crippen molar-refractivity contribution in [1.82, 2.24) is 4.90 Å². The zero-order valence-corrected chi connectivity index (χ0v) is 19.5. The van der Waals surface area contributed by atoms with Crippen LogP contribution in [0.15, 0.2) is 120 Å². The van der Waals surface area contributed by atoms with Crippen LogP contribution in [0.1, 0.15) is 22.3 Å². The van der Waals surface area contributed by atoms with Crippen LogP contribution in [-0.4, -0.2) is 17.9 Å². The first-order valence-corrected chi connectivity index (χ1v) is 12.2. The van der Waals surface area contributed by atoms with E-state index in [1.807, 2.05) is 6.92 Å². The van der Waals surface area contributed by atoms with Crippen LogP contribution in [-0.2, 0) is 29.8 Å². The maximum atomic E-state index is 10.5. The number of hydrogen-bond donors (Lipinski definition) is 1. The lowest BCUT2D eigenvalue weighted by Crippen LogP contribution is -2.22. The van der Waals surface area contributed by atoms with Crippen molar-refractivity contribution in [3.05, 3.63) is 138 Å². The van der Waals surface area contributed by atoms with E-state index in [-0.39, 0.29) is 4.90 Å². The topological polar surface area (TPSA) is 57.6 Å². The fourth-order valence-corrected chi connectivity index (χ4v) is 3.88. The van der Waals surface area contributed by atoms with Gasteiger partial charge in [0.15, 0.2) is 0 Å². The fraction of sp³-hybridized carbons (Fsp3) is 0.143. The van der Waals surface area contributed by atoms with E-state index in [0.717, 1.165) is 25.2 Å². The van der Waals surface area contributed by atoms with Crippen LogP contribution in [0.25, 0.3) is 0 Å². The Morgan fingerprint density at radius 2 is 0.909 bits per heavy atom. The molecule has 33 heavy (non-hydrogen) atoms. The molecule has 0 heterocycles. The Bertz CT molecular complexity index is 1100. The normalized spacial score (nSPS) is 11.0. The maximum absolute atomic E-state index is 10.5. The minimum absolute atomic E-state index is 0.0666. The van der Waals surface area contributed by atoms with Crippen molar-refractivity contribution in [2.75, 3.05) is 0 Å². The molecule has 0 aromatic heterocycles. The quantitative estimate of drug-likeness (QED) is 0.338. The van der Waals surface area contributed by atoms with Crippen LogP contribution in [0.5, 0.6) is 0 Å². The van der Waals surface area contributed by atoms with E-state index in [1.54, 1.807) is 12.1 Å². The average Bonchev–Trinajstić information content (AvgIpc) is 2.81. The van der Waals surface area contributed by atoms with Crippen molar-refractivity contribution in [2.24, 2.45) is 0 Å². The number of aryl methyl sites for hydroxylation is 1. The molecule has 0 saturated heterocycles. The molecule has 170 valence electrons. The van der Waals surface area contributed by atoms with Crippen molar-refractivity contribution < 1.29 is 13.0 Å². The Morgan fingerprint density at radius 1 is 0.576 bits per heavy atom. The molecular formula is C28H29NO3S. The van der Waals surface area contributed by atoms with Crippen LogP contribution < -0.4 is 0 Å². The second kappa shape index (κ2) is 12.1. The number of nitrogens with zero attached hydrogens (tertiary/aromatic N) is 1. The smallest absolute Gasteiger partial charge is 0.291 e. The number of benzene rings is 4. The monoisotopic (exact) mass is 459 g/mol. The summed E-state index contributed by atoms with van der Waals surface area (Å²) >= 11 is 0. The van der Waals surface area contributed by atoms with Gasteiger partial charge in [-0.1, -0.05) is 109 Å². The minimum Gasteiger partial charge on any atom is -0.291 e. The van der Waals surface area contributed by atoms with Crippen LogP contribution in [0, 0.1) is 6.92 Å². The van der Waals surface area contributed by atoms with Crippen LogP contribution in [0.4, 0.5) is 0 Å². The summed E-state index contributed by atoms with van der Waals surface area (Å²) in [6.07, 6.45) is 0. The average molecular weight is 460 g/mol. The van der Waals surface area contributed by atoms with Gasteiger partial charge < -0.3 is 0 Å². The SMILES string of the molecule is Cc1ccc(S(=O)(=O)O)cc1.c1ccc(CN(Cc2ccccc2)Cc2ccccc2)cc1. The van der Waals surface area contributed by atoms with Gasteiger partial charge in [0.2, 0.25) is 0 Å². The first-order chi connectivity index (χ1) is 15.9. The van der Waals surface area contributed by atoms with E-state index in [2.05, 4.69) is 95.9 Å². The summed E-state index contributed by atoms with van der Waals surface area (Å²) in [6, 6.07) is 38.0. The van der Waals surface area contributed by atoms with Gasteiger partial charge in [0.05, 0.1) is 4.90 Å². The molecule has 1 N–H and O–H groups in total. The molecule has 4 aromatic carbocycles. The molecule has 0 atom stereocenters. The highest BCUT2D eigenvalue weighted by Gasteiger charge is 2.08. The van der Waals surface area contributed by atoms with E-state index >= 15 is 0 Å². The van der Waals surface area contributed by atoms with E-state index in [9.17, 15) is 8.42 Å². The van der Waals surface area contributed by atoms with E-state index < -0.39 is 10.1 Å². The molecule has 0 fully saturated rings. The predicted molar refractivity (Wildman–Crippen MR) is 133 cm³/mol. The van der Waals surface area contributed by atoms with Gasteiger partial charge in [-0.15, -0.1) is 0 Å². The van der Waals surface area contributed by atoms with Gasteiger partial charge in [-0.25, -0.2) is 0 Å². The van der Waals surface area contributed by atoms with Gasteiger partial charge in [-0.2, -0.15) is 8.42 Å². The zero-order chi connectivity index (χ0) is 23.5. The highest BCUT2D eigenvalue weighted by atomic mass is 32.2. The van der Waals surface area contributed by atoms with Crippen LogP contribution in [0.3, 0.4) is 0 Å². The minimum atomic E-state index is -4.02. The molecule has 0 aliphatic rings. The Kier molecular flexibility index (Phi) is 8.95. The third-order valence-corrected chi connectivity index (χ3v) is 5.93. The van der Waals surface area contributed by atoms with Gasteiger partial charge in [0.1, 0.15) is 0 Å². The number of rotatable bonds is 7. The molecule has 4 rings (SSSR count). The molecule has 0 saturated carbocycles. The van der Waals surface area contributed by atoms with Crippen molar-refractivity contribution >= 4 is 10.1 Å². The van der Waals surface area contributed by atoms with E-state index in [4.69, 9.17) is 4.55 Å². The molecule has 0 aliphatic carbocycles. The first kappa shape index (κ1) is 24.4. The second-order valence-corrected chi connectivity index (χ2v) is 9.31. The predicted octanol–water partition coefficient (Wildman–Crippen LogP) is 6.13. The lowest BCUT2D eigenvalue weighted by molar-refractivity contribution is 0.247. The summed E-state index contributed by atoms with van der Waals surface area (Å²) in [6.45, 7) is 4.73. The summed E-state index contributed by atoms with van der Waals surface area (Å²) < 4.78 is 29.6. The summed E-state index contributed by atoms with van der Waals surface area (Å²) in [5, 5.41) is 0. The van der Waals surface area contributed by atoms with Crippen LogP contribution >= 0.6 is 0 Å². The molecule has 4 aromatic rings. The lowest BCUT2D eigenvalue weighted by Gasteiger charge is -2.23. The van der Waals surface area contributed by atoms with Crippen molar-refractivity contribution in [2.45, 2.75) is 31.5 Å². The van der Waals surface area contributed by atoms with E-state index in [0.29, 0.717) is 0 Å². The molecular weight excluding hydrogens is 430 g/mol. The Balaban J connectivity index is 0.000000235. The van der Waals surface area contributed by atoms with Crippen molar-refractivity contribution in [1.29, 1.82) is 0 Å². The Morgan fingerprint density at radius 3 is 1.21 bits per heavy atom. The largest absolute Gasteiger partial charge is 0.294 e. The molecule has 0 bridgehead atoms. The molecule has 0 unspecified atom stereocenters. The fourth-order valence-electron chi connectivity index (χ4n) is 3.40. The van der Waals surface area contributed by atoms with Gasteiger partial charge in [-0.3, -0.25) is 9.45 Å². The maximum Gasteiger partial charge on any atom is 0.294 e. The van der Waals surface area contributed by atoms with Gasteiger partial charge in [0.25, 0.3) is 10.1 Å². The second-order valence-electron chi connectivity index (χ2n) is 7.89. The molecule has 0 radical (unpaired) electrons. The van der Waals surface area contributed by atoms with E-state index in [1.165, 1.54) is 28.8 Å². The third kappa shape index (κ3) is 8.66. The van der Waals surface area contributed by atoms with Crippen molar-refractivity contribution in [3.63, 3.8) is 0 Å². The standard InChI is InChI=1S/C21H21N.C7H8O3S/c1-4-10-19(11-5-1)16-22(17-20-12-6-2-7-13-20)18-21-14-8-3-9-15-21;1-6-2-4-7(5-3-6)11(8,9)10/h1-15H,16-18H2;2-5H,1H3,(H,8,9,10).